The highest BCUT2D eigenvalue weighted by Crippen LogP contribution is 2.41. The Morgan fingerprint density at radius 1 is 1.05 bits per heavy atom. The van der Waals surface area contributed by atoms with Crippen molar-refractivity contribution in [2.75, 3.05) is 19.7 Å². The van der Waals surface area contributed by atoms with E-state index in [0.29, 0.717) is 5.92 Å². The highest BCUT2D eigenvalue weighted by Gasteiger charge is 2.42. The second kappa shape index (κ2) is 6.23. The highest BCUT2D eigenvalue weighted by atomic mass is 16.3. The molecule has 0 spiro atoms. The lowest BCUT2D eigenvalue weighted by Gasteiger charge is -2.30. The van der Waals surface area contributed by atoms with E-state index in [0.717, 1.165) is 13.1 Å². The maximum atomic E-state index is 9.81. The number of likely N-dealkylation sites (tertiary alicyclic amines) is 1. The van der Waals surface area contributed by atoms with Gasteiger partial charge in [0.1, 0.15) is 0 Å². The van der Waals surface area contributed by atoms with Crippen LogP contribution in [0, 0.1) is 11.3 Å². The molecule has 1 heterocycles. The Morgan fingerprint density at radius 3 is 1.95 bits per heavy atom. The molecule has 2 aromatic rings. The van der Waals surface area contributed by atoms with Crippen molar-refractivity contribution in [3.05, 3.63) is 71.8 Å². The lowest BCUT2D eigenvalue weighted by Crippen LogP contribution is -2.32. The summed E-state index contributed by atoms with van der Waals surface area (Å²) >= 11 is 0. The molecule has 1 fully saturated rings. The fourth-order valence-electron chi connectivity index (χ4n) is 3.54. The molecule has 0 radical (unpaired) electrons. The molecular weight excluding hydrogens is 270 g/mol. The zero-order valence-corrected chi connectivity index (χ0v) is 13.4. The molecule has 0 unspecified atom stereocenters. The summed E-state index contributed by atoms with van der Waals surface area (Å²) in [7, 11) is 0. The van der Waals surface area contributed by atoms with E-state index in [4.69, 9.17) is 0 Å². The first-order valence-electron chi connectivity index (χ1n) is 8.09. The van der Waals surface area contributed by atoms with E-state index in [9.17, 15) is 5.11 Å². The van der Waals surface area contributed by atoms with Gasteiger partial charge in [0.25, 0.3) is 0 Å². The van der Waals surface area contributed by atoms with Gasteiger partial charge in [0.15, 0.2) is 0 Å². The third-order valence-electron chi connectivity index (χ3n) is 5.22. The van der Waals surface area contributed by atoms with Gasteiger partial charge in [-0.1, -0.05) is 74.5 Å². The molecule has 0 aromatic heterocycles. The molecule has 22 heavy (non-hydrogen) atoms. The van der Waals surface area contributed by atoms with Gasteiger partial charge < -0.3 is 5.11 Å². The Balaban J connectivity index is 1.97. The van der Waals surface area contributed by atoms with Crippen LogP contribution in [0.5, 0.6) is 0 Å². The number of hydrogen-bond donors (Lipinski definition) is 1. The van der Waals surface area contributed by atoms with Crippen LogP contribution in [0.2, 0.25) is 0 Å². The Labute approximate surface area is 133 Å². The summed E-state index contributed by atoms with van der Waals surface area (Å²) in [6.07, 6.45) is 0. The topological polar surface area (TPSA) is 23.5 Å². The van der Waals surface area contributed by atoms with Gasteiger partial charge in [-0.25, -0.2) is 0 Å². The average molecular weight is 295 g/mol. The molecule has 2 heteroatoms. The average Bonchev–Trinajstić information content (AvgIpc) is 2.85. The first-order chi connectivity index (χ1) is 10.6. The van der Waals surface area contributed by atoms with Gasteiger partial charge >= 0.3 is 0 Å². The third-order valence-corrected chi connectivity index (χ3v) is 5.22. The van der Waals surface area contributed by atoms with Crippen molar-refractivity contribution in [3.8, 4) is 0 Å². The lowest BCUT2D eigenvalue weighted by molar-refractivity contribution is 0.114. The van der Waals surface area contributed by atoms with E-state index in [2.05, 4.69) is 79.4 Å². The number of hydrogen-bond acceptors (Lipinski definition) is 2. The van der Waals surface area contributed by atoms with Crippen LogP contribution in [0.3, 0.4) is 0 Å². The highest BCUT2D eigenvalue weighted by molar-refractivity contribution is 5.32. The normalized spacial score (nSPS) is 25.7. The smallest absolute Gasteiger partial charge is 0.0602 e. The molecular formula is C20H25NO. The van der Waals surface area contributed by atoms with Gasteiger partial charge in [-0.3, -0.25) is 4.90 Å². The minimum atomic E-state index is -0.0121. The summed E-state index contributed by atoms with van der Waals surface area (Å²) in [5.74, 6) is 0.493. The van der Waals surface area contributed by atoms with E-state index in [1.165, 1.54) is 11.1 Å². The van der Waals surface area contributed by atoms with Crippen LogP contribution in [-0.4, -0.2) is 29.7 Å². The van der Waals surface area contributed by atoms with Crippen molar-refractivity contribution in [1.82, 2.24) is 4.90 Å². The minimum Gasteiger partial charge on any atom is -0.396 e. The molecule has 1 aliphatic heterocycles. The molecule has 1 aliphatic rings. The first-order valence-corrected chi connectivity index (χ1v) is 8.09. The minimum absolute atomic E-state index is 0.0121. The molecule has 0 aliphatic carbocycles. The number of nitrogens with zero attached hydrogens (tertiary/aromatic N) is 1. The van der Waals surface area contributed by atoms with Gasteiger partial charge in [0.2, 0.25) is 0 Å². The third kappa shape index (κ3) is 2.81. The van der Waals surface area contributed by atoms with Crippen LogP contribution >= 0.6 is 0 Å². The Bertz CT molecular complexity index is 558. The summed E-state index contributed by atoms with van der Waals surface area (Å²) in [5, 5.41) is 9.81. The predicted octanol–water partition coefficient (Wildman–Crippen LogP) is 3.73. The number of benzene rings is 2. The standard InChI is InChI=1S/C20H25NO/c1-16-13-21(14-20(16,2)15-22)19(17-9-5-3-6-10-17)18-11-7-4-8-12-18/h3-12,16,19,22H,13-15H2,1-2H3/t16-,20+/m0/s1. The first kappa shape index (κ1) is 15.3. The summed E-state index contributed by atoms with van der Waals surface area (Å²) in [5.41, 5.74) is 2.63. The lowest BCUT2D eigenvalue weighted by atomic mass is 9.82. The summed E-state index contributed by atoms with van der Waals surface area (Å²) < 4.78 is 0. The SMILES string of the molecule is C[C@H]1CN(C(c2ccccc2)c2ccccc2)C[C@]1(C)CO. The van der Waals surface area contributed by atoms with Crippen molar-refractivity contribution < 1.29 is 5.11 Å². The van der Waals surface area contributed by atoms with Crippen molar-refractivity contribution in [1.29, 1.82) is 0 Å². The molecule has 0 bridgehead atoms. The molecule has 0 saturated carbocycles. The quantitative estimate of drug-likeness (QED) is 0.929. The van der Waals surface area contributed by atoms with Crippen LogP contribution in [-0.2, 0) is 0 Å². The summed E-state index contributed by atoms with van der Waals surface area (Å²) in [6, 6.07) is 21.6. The van der Waals surface area contributed by atoms with Crippen LogP contribution < -0.4 is 0 Å². The molecule has 0 amide bonds. The molecule has 1 saturated heterocycles. The van der Waals surface area contributed by atoms with E-state index in [1.54, 1.807) is 0 Å². The van der Waals surface area contributed by atoms with Crippen molar-refractivity contribution in [3.63, 3.8) is 0 Å². The van der Waals surface area contributed by atoms with Crippen LogP contribution in [0.25, 0.3) is 0 Å². The second-order valence-corrected chi connectivity index (χ2v) is 6.87. The zero-order chi connectivity index (χ0) is 15.6. The Morgan fingerprint density at radius 2 is 1.55 bits per heavy atom. The molecule has 3 rings (SSSR count). The largest absolute Gasteiger partial charge is 0.396 e. The van der Waals surface area contributed by atoms with Gasteiger partial charge in [0, 0.05) is 25.1 Å². The number of aliphatic hydroxyl groups is 1. The van der Waals surface area contributed by atoms with Gasteiger partial charge in [-0.15, -0.1) is 0 Å². The summed E-state index contributed by atoms with van der Waals surface area (Å²) in [4.78, 5) is 2.52. The van der Waals surface area contributed by atoms with Crippen molar-refractivity contribution in [2.24, 2.45) is 11.3 Å². The number of rotatable bonds is 4. The van der Waals surface area contributed by atoms with E-state index in [-0.39, 0.29) is 18.1 Å². The van der Waals surface area contributed by atoms with E-state index >= 15 is 0 Å². The fourth-order valence-corrected chi connectivity index (χ4v) is 3.54. The van der Waals surface area contributed by atoms with Crippen molar-refractivity contribution in [2.45, 2.75) is 19.9 Å². The monoisotopic (exact) mass is 295 g/mol. The number of aliphatic hydroxyl groups excluding tert-OH is 1. The predicted molar refractivity (Wildman–Crippen MR) is 90.7 cm³/mol. The fraction of sp³-hybridized carbons (Fsp3) is 0.400. The summed E-state index contributed by atoms with van der Waals surface area (Å²) in [6.45, 7) is 6.65. The van der Waals surface area contributed by atoms with Crippen molar-refractivity contribution >= 4 is 0 Å². The zero-order valence-electron chi connectivity index (χ0n) is 13.4. The van der Waals surface area contributed by atoms with E-state index in [1.807, 2.05) is 0 Å². The van der Waals surface area contributed by atoms with E-state index < -0.39 is 0 Å². The molecule has 2 nitrogen and oxygen atoms in total. The maximum absolute atomic E-state index is 9.81. The van der Waals surface area contributed by atoms with Crippen LogP contribution in [0.15, 0.2) is 60.7 Å². The molecule has 1 N–H and O–H groups in total. The van der Waals surface area contributed by atoms with Crippen LogP contribution in [0.4, 0.5) is 0 Å². The molecule has 116 valence electrons. The van der Waals surface area contributed by atoms with Gasteiger partial charge in [0.05, 0.1) is 6.04 Å². The molecule has 2 atom stereocenters. The van der Waals surface area contributed by atoms with Gasteiger partial charge in [-0.05, 0) is 17.0 Å². The Hall–Kier alpha value is -1.64. The molecule has 2 aromatic carbocycles. The van der Waals surface area contributed by atoms with Crippen LogP contribution in [0.1, 0.15) is 31.0 Å². The van der Waals surface area contributed by atoms with Gasteiger partial charge in [-0.2, -0.15) is 0 Å². The maximum Gasteiger partial charge on any atom is 0.0602 e. The Kier molecular flexibility index (Phi) is 4.32. The second-order valence-electron chi connectivity index (χ2n) is 6.87.